The summed E-state index contributed by atoms with van der Waals surface area (Å²) in [6.45, 7) is 6.49. The second-order valence-corrected chi connectivity index (χ2v) is 7.62. The molecule has 0 aliphatic carbocycles. The summed E-state index contributed by atoms with van der Waals surface area (Å²) in [5.74, 6) is 1.71. The second-order valence-electron chi connectivity index (χ2n) is 7.62. The highest BCUT2D eigenvalue weighted by Gasteiger charge is 2.26. The lowest BCUT2D eigenvalue weighted by atomic mass is 10.0. The maximum absolute atomic E-state index is 13.1. The maximum Gasteiger partial charge on any atom is 0.259 e. The van der Waals surface area contributed by atoms with Gasteiger partial charge in [0.05, 0.1) is 24.9 Å². The summed E-state index contributed by atoms with van der Waals surface area (Å²) >= 11 is 0. The zero-order chi connectivity index (χ0) is 19.7. The first-order chi connectivity index (χ1) is 13.5. The third-order valence-electron chi connectivity index (χ3n) is 5.39. The van der Waals surface area contributed by atoms with Gasteiger partial charge >= 0.3 is 0 Å². The van der Waals surface area contributed by atoms with Crippen molar-refractivity contribution < 1.29 is 14.3 Å². The Bertz CT molecular complexity index is 843. The summed E-state index contributed by atoms with van der Waals surface area (Å²) in [5.41, 5.74) is 2.73. The van der Waals surface area contributed by atoms with Crippen LogP contribution >= 0.6 is 0 Å². The Labute approximate surface area is 166 Å². The van der Waals surface area contributed by atoms with Crippen LogP contribution in [0.15, 0.2) is 36.5 Å². The fraction of sp³-hybridized carbons (Fsp3) is 0.455. The summed E-state index contributed by atoms with van der Waals surface area (Å²) in [7, 11) is 1.66. The minimum atomic E-state index is -0.00567. The van der Waals surface area contributed by atoms with Crippen molar-refractivity contribution in [3.63, 3.8) is 0 Å². The van der Waals surface area contributed by atoms with Gasteiger partial charge in [-0.25, -0.2) is 4.98 Å². The summed E-state index contributed by atoms with van der Waals surface area (Å²) in [4.78, 5) is 21.8. The number of nitrogens with zero attached hydrogens (tertiary/aromatic N) is 3. The Hall–Kier alpha value is -2.60. The molecule has 0 unspecified atom stereocenters. The van der Waals surface area contributed by atoms with E-state index in [-0.39, 0.29) is 18.1 Å². The first kappa shape index (κ1) is 18.7. The number of aryl methyl sites for hydroxylation is 1. The van der Waals surface area contributed by atoms with E-state index in [4.69, 9.17) is 9.47 Å². The largest absolute Gasteiger partial charge is 0.497 e. The van der Waals surface area contributed by atoms with Crippen LogP contribution < -0.4 is 14.5 Å². The van der Waals surface area contributed by atoms with Crippen molar-refractivity contribution in [2.45, 2.75) is 38.9 Å². The van der Waals surface area contributed by atoms with E-state index in [1.807, 2.05) is 35.2 Å². The van der Waals surface area contributed by atoms with Gasteiger partial charge in [-0.05, 0) is 62.6 Å². The van der Waals surface area contributed by atoms with E-state index in [9.17, 15) is 4.79 Å². The third-order valence-corrected chi connectivity index (χ3v) is 5.39. The van der Waals surface area contributed by atoms with E-state index in [1.54, 1.807) is 13.3 Å². The quantitative estimate of drug-likeness (QED) is 0.817. The lowest BCUT2D eigenvalue weighted by Crippen LogP contribution is -2.45. The Kier molecular flexibility index (Phi) is 5.22. The number of amides is 1. The Balaban J connectivity index is 1.53. The number of rotatable bonds is 3. The minimum absolute atomic E-state index is 0.00567. The molecule has 2 aromatic rings. The van der Waals surface area contributed by atoms with Gasteiger partial charge in [-0.15, -0.1) is 0 Å². The number of hydrogen-bond donors (Lipinski definition) is 0. The number of hydrogen-bond acceptors (Lipinski definition) is 5. The van der Waals surface area contributed by atoms with Crippen LogP contribution in [0.4, 0.5) is 11.5 Å². The van der Waals surface area contributed by atoms with Crippen molar-refractivity contribution in [2.24, 2.45) is 0 Å². The van der Waals surface area contributed by atoms with Gasteiger partial charge in [-0.2, -0.15) is 0 Å². The first-order valence-corrected chi connectivity index (χ1v) is 9.90. The van der Waals surface area contributed by atoms with Crippen molar-refractivity contribution in [3.05, 3.63) is 47.7 Å². The molecule has 1 saturated heterocycles. The zero-order valence-electron chi connectivity index (χ0n) is 16.7. The molecule has 1 aromatic heterocycles. The van der Waals surface area contributed by atoms with Crippen molar-refractivity contribution >= 4 is 17.4 Å². The number of ether oxygens (including phenoxy) is 2. The van der Waals surface area contributed by atoms with Gasteiger partial charge in [0.2, 0.25) is 0 Å². The van der Waals surface area contributed by atoms with Gasteiger partial charge in [-0.1, -0.05) is 0 Å². The second kappa shape index (κ2) is 7.80. The van der Waals surface area contributed by atoms with Crippen LogP contribution in [0.2, 0.25) is 0 Å². The SMILES string of the molecule is COc1ccc2c(c1)CCCN2C(=O)c1ccc(N2C[C@H](C)O[C@@H](C)C2)nc1. The molecule has 1 amide bonds. The monoisotopic (exact) mass is 381 g/mol. The van der Waals surface area contributed by atoms with E-state index in [0.717, 1.165) is 55.3 Å². The van der Waals surface area contributed by atoms with Gasteiger partial charge in [-0.3, -0.25) is 4.79 Å². The lowest BCUT2D eigenvalue weighted by Gasteiger charge is -2.36. The predicted molar refractivity (Wildman–Crippen MR) is 109 cm³/mol. The van der Waals surface area contributed by atoms with E-state index >= 15 is 0 Å². The molecule has 0 radical (unpaired) electrons. The molecule has 1 aromatic carbocycles. The van der Waals surface area contributed by atoms with Crippen LogP contribution in [0.5, 0.6) is 5.75 Å². The van der Waals surface area contributed by atoms with Crippen molar-refractivity contribution in [3.8, 4) is 5.75 Å². The number of fused-ring (bicyclic) bond motifs is 1. The average molecular weight is 381 g/mol. The van der Waals surface area contributed by atoms with Gasteiger partial charge in [0, 0.05) is 31.5 Å². The average Bonchev–Trinajstić information content (AvgIpc) is 2.71. The lowest BCUT2D eigenvalue weighted by molar-refractivity contribution is -0.00546. The number of carbonyl (C=O) groups excluding carboxylic acids is 1. The molecule has 2 atom stereocenters. The summed E-state index contributed by atoms with van der Waals surface area (Å²) in [6, 6.07) is 9.73. The highest BCUT2D eigenvalue weighted by atomic mass is 16.5. The maximum atomic E-state index is 13.1. The highest BCUT2D eigenvalue weighted by Crippen LogP contribution is 2.31. The Morgan fingerprint density at radius 1 is 1.18 bits per heavy atom. The summed E-state index contributed by atoms with van der Waals surface area (Å²) in [6.07, 6.45) is 3.95. The number of benzene rings is 1. The number of methoxy groups -OCH3 is 1. The predicted octanol–water partition coefficient (Wildman–Crippen LogP) is 3.30. The Morgan fingerprint density at radius 3 is 2.64 bits per heavy atom. The van der Waals surface area contributed by atoms with E-state index < -0.39 is 0 Å². The molecule has 3 heterocycles. The third kappa shape index (κ3) is 3.69. The standard InChI is InChI=1S/C22H27N3O3/c1-15-13-24(14-16(2)28-15)21-9-6-18(12-23-21)22(26)25-10-4-5-17-11-19(27-3)7-8-20(17)25/h6-9,11-12,15-16H,4-5,10,13-14H2,1-3H3/t15-,16-/m0/s1. The summed E-state index contributed by atoms with van der Waals surface area (Å²) < 4.78 is 11.1. The van der Waals surface area contributed by atoms with E-state index in [1.165, 1.54) is 0 Å². The topological polar surface area (TPSA) is 54.9 Å². The molecular formula is C22H27N3O3. The zero-order valence-corrected chi connectivity index (χ0v) is 16.7. The summed E-state index contributed by atoms with van der Waals surface area (Å²) in [5, 5.41) is 0. The van der Waals surface area contributed by atoms with Crippen LogP contribution in [0, 0.1) is 0 Å². The van der Waals surface area contributed by atoms with Crippen LogP contribution in [-0.2, 0) is 11.2 Å². The number of morpholine rings is 1. The molecule has 4 rings (SSSR count). The molecule has 1 fully saturated rings. The number of pyridine rings is 1. The fourth-order valence-electron chi connectivity index (χ4n) is 4.13. The van der Waals surface area contributed by atoms with Gasteiger partial charge < -0.3 is 19.3 Å². The van der Waals surface area contributed by atoms with Crippen LogP contribution in [0.3, 0.4) is 0 Å². The normalized spacial score (nSPS) is 22.0. The molecular weight excluding hydrogens is 354 g/mol. The molecule has 28 heavy (non-hydrogen) atoms. The first-order valence-electron chi connectivity index (χ1n) is 9.90. The van der Waals surface area contributed by atoms with Crippen LogP contribution in [0.25, 0.3) is 0 Å². The number of aromatic nitrogens is 1. The van der Waals surface area contributed by atoms with Crippen LogP contribution in [-0.4, -0.2) is 49.8 Å². The number of carbonyl (C=O) groups is 1. The molecule has 2 aliphatic heterocycles. The van der Waals surface area contributed by atoms with Gasteiger partial charge in [0.1, 0.15) is 11.6 Å². The van der Waals surface area contributed by atoms with Crippen molar-refractivity contribution in [1.29, 1.82) is 0 Å². The molecule has 2 aliphatic rings. The molecule has 0 spiro atoms. The Morgan fingerprint density at radius 2 is 1.96 bits per heavy atom. The molecule has 0 N–H and O–H groups in total. The fourth-order valence-corrected chi connectivity index (χ4v) is 4.13. The molecule has 0 saturated carbocycles. The van der Waals surface area contributed by atoms with E-state index in [0.29, 0.717) is 5.56 Å². The molecule has 0 bridgehead atoms. The van der Waals surface area contributed by atoms with E-state index in [2.05, 4.69) is 23.7 Å². The molecule has 6 nitrogen and oxygen atoms in total. The van der Waals surface area contributed by atoms with Gasteiger partial charge in [0.25, 0.3) is 5.91 Å². The highest BCUT2D eigenvalue weighted by molar-refractivity contribution is 6.06. The molecule has 6 heteroatoms. The minimum Gasteiger partial charge on any atom is -0.497 e. The molecule has 148 valence electrons. The smallest absolute Gasteiger partial charge is 0.259 e. The van der Waals surface area contributed by atoms with Crippen molar-refractivity contribution in [1.82, 2.24) is 4.98 Å². The van der Waals surface area contributed by atoms with Crippen molar-refractivity contribution in [2.75, 3.05) is 36.5 Å². The van der Waals surface area contributed by atoms with Crippen LogP contribution in [0.1, 0.15) is 36.2 Å². The van der Waals surface area contributed by atoms with Gasteiger partial charge in [0.15, 0.2) is 0 Å². The number of anilines is 2.